The standard InChI is InChI=1S/C12H14O3/c1-3-15-11-6-4-10(5-7-11)12(13)8-9-14-2/h4-9H,3H2,1-2H3. The zero-order chi connectivity index (χ0) is 11.1. The number of methoxy groups -OCH3 is 1. The van der Waals surface area contributed by atoms with Gasteiger partial charge in [-0.1, -0.05) is 0 Å². The number of hydrogen-bond acceptors (Lipinski definition) is 3. The summed E-state index contributed by atoms with van der Waals surface area (Å²) >= 11 is 0. The van der Waals surface area contributed by atoms with E-state index in [1.165, 1.54) is 19.4 Å². The molecule has 1 aromatic rings. The quantitative estimate of drug-likeness (QED) is 0.421. The van der Waals surface area contributed by atoms with Crippen molar-refractivity contribution in [2.45, 2.75) is 6.92 Å². The molecular weight excluding hydrogens is 192 g/mol. The molecule has 0 bridgehead atoms. The van der Waals surface area contributed by atoms with Crippen molar-refractivity contribution in [3.8, 4) is 5.75 Å². The third kappa shape index (κ3) is 3.46. The van der Waals surface area contributed by atoms with Gasteiger partial charge in [-0.15, -0.1) is 0 Å². The summed E-state index contributed by atoms with van der Waals surface area (Å²) < 4.78 is 9.94. The lowest BCUT2D eigenvalue weighted by Gasteiger charge is -2.02. The van der Waals surface area contributed by atoms with Crippen molar-refractivity contribution in [3.05, 3.63) is 42.2 Å². The maximum absolute atomic E-state index is 11.5. The Morgan fingerprint density at radius 3 is 2.53 bits per heavy atom. The summed E-state index contributed by atoms with van der Waals surface area (Å²) in [5.74, 6) is 0.685. The van der Waals surface area contributed by atoms with Crippen molar-refractivity contribution in [1.82, 2.24) is 0 Å². The average molecular weight is 206 g/mol. The SMILES string of the molecule is CCOc1ccc(C(=O)C=COC)cc1. The predicted molar refractivity (Wildman–Crippen MR) is 58.1 cm³/mol. The molecule has 0 heterocycles. The van der Waals surface area contributed by atoms with Gasteiger partial charge in [-0.2, -0.15) is 0 Å². The van der Waals surface area contributed by atoms with Crippen LogP contribution in [0.4, 0.5) is 0 Å². The van der Waals surface area contributed by atoms with E-state index >= 15 is 0 Å². The number of rotatable bonds is 5. The fraction of sp³-hybridized carbons (Fsp3) is 0.250. The first-order valence-electron chi connectivity index (χ1n) is 4.74. The molecule has 0 saturated heterocycles. The van der Waals surface area contributed by atoms with Crippen molar-refractivity contribution in [1.29, 1.82) is 0 Å². The van der Waals surface area contributed by atoms with E-state index in [1.807, 2.05) is 6.92 Å². The number of hydrogen-bond donors (Lipinski definition) is 0. The minimum absolute atomic E-state index is 0.0834. The van der Waals surface area contributed by atoms with Gasteiger partial charge in [0, 0.05) is 11.6 Å². The van der Waals surface area contributed by atoms with E-state index < -0.39 is 0 Å². The molecule has 0 unspecified atom stereocenters. The van der Waals surface area contributed by atoms with Crippen LogP contribution >= 0.6 is 0 Å². The Balaban J connectivity index is 2.71. The fourth-order valence-corrected chi connectivity index (χ4v) is 1.11. The van der Waals surface area contributed by atoms with Crippen molar-refractivity contribution >= 4 is 5.78 Å². The summed E-state index contributed by atoms with van der Waals surface area (Å²) in [7, 11) is 1.50. The van der Waals surface area contributed by atoms with E-state index in [-0.39, 0.29) is 5.78 Å². The van der Waals surface area contributed by atoms with E-state index in [9.17, 15) is 4.79 Å². The lowest BCUT2D eigenvalue weighted by molar-refractivity contribution is 0.104. The molecule has 0 radical (unpaired) electrons. The Bertz CT molecular complexity index is 338. The highest BCUT2D eigenvalue weighted by Crippen LogP contribution is 2.12. The van der Waals surface area contributed by atoms with Crippen LogP contribution in [0.15, 0.2) is 36.6 Å². The number of benzene rings is 1. The molecule has 0 aliphatic rings. The lowest BCUT2D eigenvalue weighted by Crippen LogP contribution is -1.95. The summed E-state index contributed by atoms with van der Waals surface area (Å²) in [4.78, 5) is 11.5. The van der Waals surface area contributed by atoms with Gasteiger partial charge >= 0.3 is 0 Å². The van der Waals surface area contributed by atoms with E-state index in [0.29, 0.717) is 12.2 Å². The Morgan fingerprint density at radius 1 is 1.33 bits per heavy atom. The highest BCUT2D eigenvalue weighted by atomic mass is 16.5. The van der Waals surface area contributed by atoms with Gasteiger partial charge in [-0.25, -0.2) is 0 Å². The molecule has 15 heavy (non-hydrogen) atoms. The van der Waals surface area contributed by atoms with E-state index in [0.717, 1.165) is 5.75 Å². The van der Waals surface area contributed by atoms with Crippen LogP contribution in [-0.2, 0) is 4.74 Å². The summed E-state index contributed by atoms with van der Waals surface area (Å²) in [6.45, 7) is 2.54. The molecule has 0 spiro atoms. The fourth-order valence-electron chi connectivity index (χ4n) is 1.11. The topological polar surface area (TPSA) is 35.5 Å². The number of carbonyl (C=O) groups is 1. The van der Waals surface area contributed by atoms with E-state index in [1.54, 1.807) is 24.3 Å². The lowest BCUT2D eigenvalue weighted by atomic mass is 10.1. The first kappa shape index (κ1) is 11.3. The summed E-state index contributed by atoms with van der Waals surface area (Å²) in [6, 6.07) is 7.01. The molecule has 0 N–H and O–H groups in total. The normalized spacial score (nSPS) is 10.3. The van der Waals surface area contributed by atoms with Gasteiger partial charge in [0.2, 0.25) is 0 Å². The number of allylic oxidation sites excluding steroid dienone is 1. The van der Waals surface area contributed by atoms with Crippen molar-refractivity contribution in [3.63, 3.8) is 0 Å². The average Bonchev–Trinajstić information content (AvgIpc) is 2.27. The largest absolute Gasteiger partial charge is 0.504 e. The number of ether oxygens (including phenoxy) is 2. The summed E-state index contributed by atoms with van der Waals surface area (Å²) in [5.41, 5.74) is 0.617. The Hall–Kier alpha value is -1.77. The Morgan fingerprint density at radius 2 is 2.00 bits per heavy atom. The zero-order valence-corrected chi connectivity index (χ0v) is 8.90. The molecular formula is C12H14O3. The van der Waals surface area contributed by atoms with Gasteiger partial charge in [0.25, 0.3) is 0 Å². The predicted octanol–water partition coefficient (Wildman–Crippen LogP) is 2.43. The van der Waals surface area contributed by atoms with Gasteiger partial charge in [0.15, 0.2) is 5.78 Å². The molecule has 0 amide bonds. The minimum Gasteiger partial charge on any atom is -0.504 e. The van der Waals surface area contributed by atoms with Crippen LogP contribution in [0.3, 0.4) is 0 Å². The van der Waals surface area contributed by atoms with Crippen LogP contribution in [-0.4, -0.2) is 19.5 Å². The highest BCUT2D eigenvalue weighted by molar-refractivity contribution is 6.04. The molecule has 3 nitrogen and oxygen atoms in total. The monoisotopic (exact) mass is 206 g/mol. The number of carbonyl (C=O) groups excluding carboxylic acids is 1. The zero-order valence-electron chi connectivity index (χ0n) is 8.90. The van der Waals surface area contributed by atoms with Gasteiger partial charge in [-0.05, 0) is 31.2 Å². The molecule has 3 heteroatoms. The molecule has 0 fully saturated rings. The molecule has 0 atom stereocenters. The third-order valence-electron chi connectivity index (χ3n) is 1.81. The first-order chi connectivity index (χ1) is 7.27. The second-order valence-corrected chi connectivity index (χ2v) is 2.86. The highest BCUT2D eigenvalue weighted by Gasteiger charge is 2.01. The van der Waals surface area contributed by atoms with E-state index in [2.05, 4.69) is 4.74 Å². The van der Waals surface area contributed by atoms with Crippen molar-refractivity contribution in [2.24, 2.45) is 0 Å². The second kappa shape index (κ2) is 5.86. The van der Waals surface area contributed by atoms with Gasteiger partial charge < -0.3 is 9.47 Å². The van der Waals surface area contributed by atoms with Gasteiger partial charge in [0.05, 0.1) is 20.0 Å². The third-order valence-corrected chi connectivity index (χ3v) is 1.81. The van der Waals surface area contributed by atoms with Crippen LogP contribution in [0.5, 0.6) is 5.75 Å². The van der Waals surface area contributed by atoms with Crippen LogP contribution in [0.2, 0.25) is 0 Å². The van der Waals surface area contributed by atoms with Crippen molar-refractivity contribution in [2.75, 3.05) is 13.7 Å². The van der Waals surface area contributed by atoms with Crippen molar-refractivity contribution < 1.29 is 14.3 Å². The molecule has 0 saturated carbocycles. The first-order valence-corrected chi connectivity index (χ1v) is 4.74. The number of ketones is 1. The molecule has 0 aliphatic heterocycles. The van der Waals surface area contributed by atoms with Gasteiger partial charge in [0.1, 0.15) is 5.75 Å². The van der Waals surface area contributed by atoms with Gasteiger partial charge in [-0.3, -0.25) is 4.79 Å². The summed E-state index contributed by atoms with van der Waals surface area (Å²) in [6.07, 6.45) is 2.74. The Labute approximate surface area is 89.3 Å². The van der Waals surface area contributed by atoms with E-state index in [4.69, 9.17) is 4.74 Å². The molecule has 80 valence electrons. The van der Waals surface area contributed by atoms with Crippen LogP contribution in [0.25, 0.3) is 0 Å². The Kier molecular flexibility index (Phi) is 4.41. The van der Waals surface area contributed by atoms with Crippen LogP contribution < -0.4 is 4.74 Å². The maximum Gasteiger partial charge on any atom is 0.188 e. The second-order valence-electron chi connectivity index (χ2n) is 2.86. The van der Waals surface area contributed by atoms with Crippen LogP contribution in [0, 0.1) is 0 Å². The molecule has 1 rings (SSSR count). The maximum atomic E-state index is 11.5. The molecule has 1 aromatic carbocycles. The summed E-state index contributed by atoms with van der Waals surface area (Å²) in [5, 5.41) is 0. The molecule has 0 aliphatic carbocycles. The minimum atomic E-state index is -0.0834. The molecule has 0 aromatic heterocycles. The smallest absolute Gasteiger partial charge is 0.188 e. The van der Waals surface area contributed by atoms with Crippen LogP contribution in [0.1, 0.15) is 17.3 Å².